The number of carbonyl (C=O) groups is 1. The molecular formula is C13H25NO3. The number of nitrogens with one attached hydrogen (secondary N) is 1. The number of ether oxygens (including phenoxy) is 1. The van der Waals surface area contributed by atoms with Crippen molar-refractivity contribution >= 4 is 5.91 Å². The van der Waals surface area contributed by atoms with E-state index in [0.29, 0.717) is 12.8 Å². The van der Waals surface area contributed by atoms with Crippen LogP contribution in [-0.2, 0) is 9.53 Å². The van der Waals surface area contributed by atoms with Crippen LogP contribution < -0.4 is 5.32 Å². The van der Waals surface area contributed by atoms with Crippen molar-refractivity contribution in [2.75, 3.05) is 13.2 Å². The van der Waals surface area contributed by atoms with Crippen molar-refractivity contribution in [3.05, 3.63) is 0 Å². The molecule has 0 aromatic heterocycles. The molecule has 17 heavy (non-hydrogen) atoms. The topological polar surface area (TPSA) is 58.6 Å². The zero-order valence-electron chi connectivity index (χ0n) is 11.0. The Labute approximate surface area is 104 Å². The molecule has 0 radical (unpaired) electrons. The fourth-order valence-electron chi connectivity index (χ4n) is 2.43. The number of aliphatic hydroxyl groups excluding tert-OH is 1. The molecule has 1 saturated heterocycles. The van der Waals surface area contributed by atoms with Gasteiger partial charge in [-0.1, -0.05) is 13.8 Å². The van der Waals surface area contributed by atoms with Crippen molar-refractivity contribution < 1.29 is 14.6 Å². The van der Waals surface area contributed by atoms with Gasteiger partial charge < -0.3 is 15.2 Å². The summed E-state index contributed by atoms with van der Waals surface area (Å²) in [5.41, 5.74) is -0.0484. The molecule has 1 unspecified atom stereocenters. The first-order valence-corrected chi connectivity index (χ1v) is 6.70. The molecule has 0 aromatic rings. The number of carbonyl (C=O) groups excluding carboxylic acids is 1. The summed E-state index contributed by atoms with van der Waals surface area (Å²) >= 11 is 0. The van der Waals surface area contributed by atoms with Crippen molar-refractivity contribution in [2.24, 2.45) is 0 Å². The molecule has 0 aromatic carbocycles. The first-order chi connectivity index (χ1) is 8.15. The number of amides is 1. The molecule has 1 fully saturated rings. The fraction of sp³-hybridized carbons (Fsp3) is 0.923. The summed E-state index contributed by atoms with van der Waals surface area (Å²) in [4.78, 5) is 11.6. The van der Waals surface area contributed by atoms with Gasteiger partial charge in [0.25, 0.3) is 0 Å². The quantitative estimate of drug-likeness (QED) is 0.745. The van der Waals surface area contributed by atoms with Gasteiger partial charge in [0.2, 0.25) is 5.91 Å². The summed E-state index contributed by atoms with van der Waals surface area (Å²) in [6.07, 6.45) is 4.75. The minimum Gasteiger partial charge on any atom is -0.396 e. The molecule has 1 aliphatic rings. The summed E-state index contributed by atoms with van der Waals surface area (Å²) in [7, 11) is 0. The highest BCUT2D eigenvalue weighted by atomic mass is 16.5. The lowest BCUT2D eigenvalue weighted by molar-refractivity contribution is -0.126. The van der Waals surface area contributed by atoms with Gasteiger partial charge in [-0.3, -0.25) is 4.79 Å². The van der Waals surface area contributed by atoms with Gasteiger partial charge in [-0.05, 0) is 32.1 Å². The van der Waals surface area contributed by atoms with Crippen molar-refractivity contribution in [3.63, 3.8) is 0 Å². The van der Waals surface area contributed by atoms with Crippen LogP contribution in [0.25, 0.3) is 0 Å². The Bertz CT molecular complexity index is 239. The Kier molecular flexibility index (Phi) is 5.92. The van der Waals surface area contributed by atoms with Crippen molar-refractivity contribution in [1.29, 1.82) is 0 Å². The number of hydrogen-bond donors (Lipinski definition) is 2. The first kappa shape index (κ1) is 14.5. The van der Waals surface area contributed by atoms with Gasteiger partial charge in [0.05, 0.1) is 5.60 Å². The molecule has 1 heterocycles. The predicted molar refractivity (Wildman–Crippen MR) is 66.7 cm³/mol. The smallest absolute Gasteiger partial charge is 0.220 e. The van der Waals surface area contributed by atoms with Crippen LogP contribution in [-0.4, -0.2) is 35.9 Å². The largest absolute Gasteiger partial charge is 0.396 e. The zero-order valence-corrected chi connectivity index (χ0v) is 11.0. The van der Waals surface area contributed by atoms with Gasteiger partial charge in [0.1, 0.15) is 0 Å². The molecule has 0 spiro atoms. The predicted octanol–water partition coefficient (Wildman–Crippen LogP) is 1.61. The first-order valence-electron chi connectivity index (χ1n) is 6.70. The Hall–Kier alpha value is -0.610. The van der Waals surface area contributed by atoms with Gasteiger partial charge in [0.15, 0.2) is 0 Å². The van der Waals surface area contributed by atoms with Crippen LogP contribution in [0.1, 0.15) is 52.4 Å². The van der Waals surface area contributed by atoms with Crippen LogP contribution in [0.4, 0.5) is 0 Å². The second-order valence-electron chi connectivity index (χ2n) is 4.82. The van der Waals surface area contributed by atoms with E-state index < -0.39 is 0 Å². The molecule has 0 aliphatic carbocycles. The van der Waals surface area contributed by atoms with Crippen LogP contribution >= 0.6 is 0 Å². The number of hydrogen-bond acceptors (Lipinski definition) is 3. The van der Waals surface area contributed by atoms with Crippen molar-refractivity contribution in [1.82, 2.24) is 5.32 Å². The van der Waals surface area contributed by atoms with Gasteiger partial charge in [-0.2, -0.15) is 0 Å². The molecule has 4 heteroatoms. The molecule has 0 saturated carbocycles. The Balaban J connectivity index is 2.41. The van der Waals surface area contributed by atoms with Gasteiger partial charge in [0, 0.05) is 25.7 Å². The van der Waals surface area contributed by atoms with E-state index in [0.717, 1.165) is 32.3 Å². The van der Waals surface area contributed by atoms with E-state index in [-0.39, 0.29) is 24.2 Å². The second-order valence-corrected chi connectivity index (χ2v) is 4.82. The summed E-state index contributed by atoms with van der Waals surface area (Å²) in [5, 5.41) is 11.7. The van der Waals surface area contributed by atoms with Gasteiger partial charge >= 0.3 is 0 Å². The van der Waals surface area contributed by atoms with E-state index in [1.807, 2.05) is 0 Å². The van der Waals surface area contributed by atoms with E-state index in [9.17, 15) is 4.79 Å². The molecule has 1 aliphatic heterocycles. The molecule has 4 nitrogen and oxygen atoms in total. The lowest BCUT2D eigenvalue weighted by Crippen LogP contribution is -2.48. The fourth-order valence-corrected chi connectivity index (χ4v) is 2.43. The minimum absolute atomic E-state index is 0.0482. The highest BCUT2D eigenvalue weighted by Gasteiger charge is 2.34. The normalized spacial score (nSPS) is 23.4. The van der Waals surface area contributed by atoms with E-state index >= 15 is 0 Å². The SMILES string of the molecule is CCC1(CC)CC(NC(=O)CCCO)CCO1. The summed E-state index contributed by atoms with van der Waals surface area (Å²) < 4.78 is 5.87. The lowest BCUT2D eigenvalue weighted by Gasteiger charge is -2.40. The molecule has 0 bridgehead atoms. The maximum absolute atomic E-state index is 11.6. The molecule has 2 N–H and O–H groups in total. The maximum Gasteiger partial charge on any atom is 0.220 e. The third kappa shape index (κ3) is 4.28. The van der Waals surface area contributed by atoms with Crippen LogP contribution in [0, 0.1) is 0 Å². The zero-order chi connectivity index (χ0) is 12.7. The highest BCUT2D eigenvalue weighted by Crippen LogP contribution is 2.31. The maximum atomic E-state index is 11.6. The summed E-state index contributed by atoms with van der Waals surface area (Å²) in [5.74, 6) is 0.0482. The van der Waals surface area contributed by atoms with Gasteiger partial charge in [-0.15, -0.1) is 0 Å². The Morgan fingerprint density at radius 1 is 1.47 bits per heavy atom. The van der Waals surface area contributed by atoms with Crippen molar-refractivity contribution in [2.45, 2.75) is 64.0 Å². The molecule has 1 rings (SSSR count). The number of rotatable bonds is 6. The van der Waals surface area contributed by atoms with Crippen LogP contribution in [0.2, 0.25) is 0 Å². The van der Waals surface area contributed by atoms with E-state index in [2.05, 4.69) is 19.2 Å². The third-order valence-corrected chi connectivity index (χ3v) is 3.71. The minimum atomic E-state index is -0.0484. The average molecular weight is 243 g/mol. The van der Waals surface area contributed by atoms with E-state index in [1.165, 1.54) is 0 Å². The third-order valence-electron chi connectivity index (χ3n) is 3.71. The standard InChI is InChI=1S/C13H25NO3/c1-3-13(4-2)10-11(7-9-17-13)14-12(16)6-5-8-15/h11,15H,3-10H2,1-2H3,(H,14,16). The van der Waals surface area contributed by atoms with Gasteiger partial charge in [-0.25, -0.2) is 0 Å². The van der Waals surface area contributed by atoms with E-state index in [4.69, 9.17) is 9.84 Å². The molecule has 100 valence electrons. The summed E-state index contributed by atoms with van der Waals surface area (Å²) in [6, 6.07) is 0.231. The average Bonchev–Trinajstić information content (AvgIpc) is 2.36. The summed E-state index contributed by atoms with van der Waals surface area (Å²) in [6.45, 7) is 5.08. The molecular weight excluding hydrogens is 218 g/mol. The number of aliphatic hydroxyl groups is 1. The van der Waals surface area contributed by atoms with Crippen molar-refractivity contribution in [3.8, 4) is 0 Å². The molecule has 1 amide bonds. The highest BCUT2D eigenvalue weighted by molar-refractivity contribution is 5.76. The lowest BCUT2D eigenvalue weighted by atomic mass is 9.86. The van der Waals surface area contributed by atoms with Crippen LogP contribution in [0.3, 0.4) is 0 Å². The molecule has 1 atom stereocenters. The monoisotopic (exact) mass is 243 g/mol. The Morgan fingerprint density at radius 2 is 2.18 bits per heavy atom. The second kappa shape index (κ2) is 6.97. The van der Waals surface area contributed by atoms with Crippen LogP contribution in [0.15, 0.2) is 0 Å². The van der Waals surface area contributed by atoms with Crippen LogP contribution in [0.5, 0.6) is 0 Å². The van der Waals surface area contributed by atoms with E-state index in [1.54, 1.807) is 0 Å². The Morgan fingerprint density at radius 3 is 2.76 bits per heavy atom.